The Bertz CT molecular complexity index is 392. The number of carboxylic acid groups (broad SMARTS) is 1. The average Bonchev–Trinajstić information content (AvgIpc) is 3.09. The Balaban J connectivity index is 2.20. The molecule has 0 aliphatic heterocycles. The molecule has 0 spiro atoms. The molecule has 1 aliphatic carbocycles. The first-order valence-corrected chi connectivity index (χ1v) is 5.21. The minimum absolute atomic E-state index is 0.118. The van der Waals surface area contributed by atoms with E-state index < -0.39 is 12.1 Å². The maximum atomic E-state index is 10.6. The van der Waals surface area contributed by atoms with Crippen LogP contribution in [0.25, 0.3) is 0 Å². The Kier molecular flexibility index (Phi) is 2.69. The first kappa shape index (κ1) is 11.1. The third-order valence-corrected chi connectivity index (χ3v) is 3.23. The third kappa shape index (κ3) is 1.81. The zero-order valence-corrected chi connectivity index (χ0v) is 8.76. The number of carboxylic acids is 1. The quantitative estimate of drug-likeness (QED) is 0.705. The Morgan fingerprint density at radius 1 is 1.31 bits per heavy atom. The number of aliphatic carboxylic acids is 1. The smallest absolute Gasteiger partial charge is 0.337 e. The second-order valence-electron chi connectivity index (χ2n) is 4.30. The van der Waals surface area contributed by atoms with Crippen LogP contribution in [0.5, 0.6) is 0 Å². The van der Waals surface area contributed by atoms with Crippen LogP contribution in [0.2, 0.25) is 0 Å². The van der Waals surface area contributed by atoms with Crippen LogP contribution in [0, 0.1) is 0 Å². The molecule has 3 N–H and O–H groups in total. The summed E-state index contributed by atoms with van der Waals surface area (Å²) in [4.78, 5) is 10.6. The van der Waals surface area contributed by atoms with Crippen LogP contribution in [-0.4, -0.2) is 27.9 Å². The van der Waals surface area contributed by atoms with E-state index in [1.54, 1.807) is 24.3 Å². The molecule has 16 heavy (non-hydrogen) atoms. The molecule has 1 unspecified atom stereocenters. The van der Waals surface area contributed by atoms with E-state index in [9.17, 15) is 15.0 Å². The summed E-state index contributed by atoms with van der Waals surface area (Å²) in [6, 6.07) is 6.77. The van der Waals surface area contributed by atoms with Crippen LogP contribution in [0.4, 0.5) is 0 Å². The van der Waals surface area contributed by atoms with Gasteiger partial charge in [0.1, 0.15) is 0 Å². The van der Waals surface area contributed by atoms with Crippen molar-refractivity contribution in [2.24, 2.45) is 0 Å². The van der Waals surface area contributed by atoms with Crippen molar-refractivity contribution >= 4 is 5.97 Å². The highest BCUT2D eigenvalue weighted by Crippen LogP contribution is 2.47. The number of carbonyl (C=O) groups is 1. The summed E-state index contributed by atoms with van der Waals surface area (Å²) >= 11 is 0. The lowest BCUT2D eigenvalue weighted by atomic mass is 9.95. The predicted octanol–water partition coefficient (Wildman–Crippen LogP) is 0.829. The van der Waals surface area contributed by atoms with Gasteiger partial charge >= 0.3 is 5.97 Å². The minimum atomic E-state index is -1.47. The van der Waals surface area contributed by atoms with Gasteiger partial charge in [-0.3, -0.25) is 0 Å². The fourth-order valence-corrected chi connectivity index (χ4v) is 1.85. The number of hydrogen-bond donors (Lipinski definition) is 3. The van der Waals surface area contributed by atoms with Gasteiger partial charge < -0.3 is 15.3 Å². The summed E-state index contributed by atoms with van der Waals surface area (Å²) < 4.78 is 0. The summed E-state index contributed by atoms with van der Waals surface area (Å²) in [5.74, 6) is -1.25. The molecule has 2 rings (SSSR count). The summed E-state index contributed by atoms with van der Waals surface area (Å²) in [5.41, 5.74) is 1.26. The SMILES string of the molecule is O=C(O)C(O)c1ccc(C2(CO)CC2)cc1. The molecular formula is C12H14O4. The third-order valence-electron chi connectivity index (χ3n) is 3.23. The zero-order valence-electron chi connectivity index (χ0n) is 8.76. The second-order valence-corrected chi connectivity index (χ2v) is 4.30. The van der Waals surface area contributed by atoms with Crippen LogP contribution in [-0.2, 0) is 10.2 Å². The minimum Gasteiger partial charge on any atom is -0.479 e. The maximum Gasteiger partial charge on any atom is 0.337 e. The van der Waals surface area contributed by atoms with Gasteiger partial charge in [0.2, 0.25) is 0 Å². The summed E-state index contributed by atoms with van der Waals surface area (Å²) in [6.45, 7) is 0.119. The summed E-state index contributed by atoms with van der Waals surface area (Å²) in [6.07, 6.45) is 0.451. The lowest BCUT2D eigenvalue weighted by Gasteiger charge is -2.13. The maximum absolute atomic E-state index is 10.6. The van der Waals surface area contributed by atoms with Gasteiger partial charge in [0.05, 0.1) is 6.61 Å². The number of hydrogen-bond acceptors (Lipinski definition) is 3. The molecule has 86 valence electrons. The first-order valence-electron chi connectivity index (χ1n) is 5.21. The molecule has 1 aliphatic rings. The lowest BCUT2D eigenvalue weighted by molar-refractivity contribution is -0.146. The molecule has 0 saturated heterocycles. The number of rotatable bonds is 4. The molecule has 0 heterocycles. The van der Waals surface area contributed by atoms with Crippen molar-refractivity contribution in [1.82, 2.24) is 0 Å². The van der Waals surface area contributed by atoms with Crippen LogP contribution < -0.4 is 0 Å². The second kappa shape index (κ2) is 3.88. The van der Waals surface area contributed by atoms with Crippen LogP contribution in [0.15, 0.2) is 24.3 Å². The lowest BCUT2D eigenvalue weighted by Crippen LogP contribution is -2.13. The van der Waals surface area contributed by atoms with Crippen molar-refractivity contribution in [2.75, 3.05) is 6.61 Å². The summed E-state index contributed by atoms with van der Waals surface area (Å²) in [7, 11) is 0. The van der Waals surface area contributed by atoms with E-state index in [0.29, 0.717) is 5.56 Å². The van der Waals surface area contributed by atoms with Crippen LogP contribution in [0.3, 0.4) is 0 Å². The van der Waals surface area contributed by atoms with Crippen molar-refractivity contribution in [1.29, 1.82) is 0 Å². The molecule has 1 fully saturated rings. The summed E-state index contributed by atoms with van der Waals surface area (Å²) in [5, 5.41) is 27.2. The highest BCUT2D eigenvalue weighted by atomic mass is 16.4. The van der Waals surface area contributed by atoms with E-state index in [-0.39, 0.29) is 12.0 Å². The predicted molar refractivity (Wildman–Crippen MR) is 57.0 cm³/mol. The number of aliphatic hydroxyl groups excluding tert-OH is 2. The van der Waals surface area contributed by atoms with Crippen LogP contribution in [0.1, 0.15) is 30.1 Å². The Labute approximate surface area is 93.2 Å². The fraction of sp³-hybridized carbons (Fsp3) is 0.417. The van der Waals surface area contributed by atoms with Crippen molar-refractivity contribution < 1.29 is 20.1 Å². The number of benzene rings is 1. The van der Waals surface area contributed by atoms with Crippen molar-refractivity contribution in [2.45, 2.75) is 24.4 Å². The molecule has 1 saturated carbocycles. The van der Waals surface area contributed by atoms with E-state index in [0.717, 1.165) is 18.4 Å². The highest BCUT2D eigenvalue weighted by molar-refractivity contribution is 5.74. The molecule has 1 atom stereocenters. The van der Waals surface area contributed by atoms with E-state index in [1.807, 2.05) is 0 Å². The van der Waals surface area contributed by atoms with Gasteiger partial charge in [0.25, 0.3) is 0 Å². The van der Waals surface area contributed by atoms with Crippen molar-refractivity contribution in [3.05, 3.63) is 35.4 Å². The van der Waals surface area contributed by atoms with Gasteiger partial charge in [-0.15, -0.1) is 0 Å². The van der Waals surface area contributed by atoms with Crippen molar-refractivity contribution in [3.8, 4) is 0 Å². The van der Waals surface area contributed by atoms with Gasteiger partial charge in [-0.1, -0.05) is 24.3 Å². The molecule has 1 aromatic carbocycles. The van der Waals surface area contributed by atoms with Gasteiger partial charge in [-0.25, -0.2) is 4.79 Å². The molecule has 4 nitrogen and oxygen atoms in total. The molecule has 0 radical (unpaired) electrons. The Morgan fingerprint density at radius 3 is 2.25 bits per heavy atom. The van der Waals surface area contributed by atoms with Gasteiger partial charge in [-0.2, -0.15) is 0 Å². The van der Waals surface area contributed by atoms with Gasteiger partial charge in [0.15, 0.2) is 6.10 Å². The monoisotopic (exact) mass is 222 g/mol. The van der Waals surface area contributed by atoms with Gasteiger partial charge in [-0.05, 0) is 24.0 Å². The molecular weight excluding hydrogens is 208 g/mol. The molecule has 1 aromatic rings. The largest absolute Gasteiger partial charge is 0.479 e. The van der Waals surface area contributed by atoms with E-state index in [2.05, 4.69) is 0 Å². The average molecular weight is 222 g/mol. The molecule has 0 aromatic heterocycles. The van der Waals surface area contributed by atoms with Gasteiger partial charge in [0, 0.05) is 5.41 Å². The van der Waals surface area contributed by atoms with E-state index >= 15 is 0 Å². The topological polar surface area (TPSA) is 77.8 Å². The Morgan fingerprint density at radius 2 is 1.88 bits per heavy atom. The number of aliphatic hydroxyl groups is 2. The zero-order chi connectivity index (χ0) is 11.8. The van der Waals surface area contributed by atoms with E-state index in [1.165, 1.54) is 0 Å². The Hall–Kier alpha value is -1.39. The molecule has 0 bridgehead atoms. The first-order chi connectivity index (χ1) is 7.59. The standard InChI is InChI=1S/C12H14O4/c13-7-12(5-6-12)9-3-1-8(2-4-9)10(14)11(15)16/h1-4,10,13-14H,5-7H2,(H,15,16). The van der Waals surface area contributed by atoms with E-state index in [4.69, 9.17) is 5.11 Å². The van der Waals surface area contributed by atoms with Crippen LogP contribution >= 0.6 is 0 Å². The fourth-order valence-electron chi connectivity index (χ4n) is 1.85. The normalized spacial score (nSPS) is 19.1. The molecule has 4 heteroatoms. The molecule has 0 amide bonds. The van der Waals surface area contributed by atoms with Crippen molar-refractivity contribution in [3.63, 3.8) is 0 Å². The highest BCUT2D eigenvalue weighted by Gasteiger charge is 2.43.